The summed E-state index contributed by atoms with van der Waals surface area (Å²) >= 11 is 1.19. The van der Waals surface area contributed by atoms with Crippen molar-refractivity contribution in [3.63, 3.8) is 0 Å². The predicted octanol–water partition coefficient (Wildman–Crippen LogP) is 3.12. The maximum atomic E-state index is 13.6. The molecule has 180 valence electrons. The molecule has 2 heterocycles. The fourth-order valence-corrected chi connectivity index (χ4v) is 4.89. The number of allylic oxidation sites excluding steroid dienone is 1. The molecule has 0 spiro atoms. The molecule has 0 aliphatic carbocycles. The standard InChI is InChI=1S/C26H23FN2O5S/c1-5-12-34-25(31)22-15(2)28-26-29(23(22)17-8-11-19(32-3)20(14-17)33-4)24(30)21(35-26)13-16-6-9-18(27)10-7-16/h5-11,13-14,23H,1,12H2,2-4H3/b21-13-. The maximum Gasteiger partial charge on any atom is 0.338 e. The molecule has 0 fully saturated rings. The van der Waals surface area contributed by atoms with Crippen LogP contribution in [0.15, 0.2) is 76.2 Å². The molecule has 35 heavy (non-hydrogen) atoms. The van der Waals surface area contributed by atoms with Gasteiger partial charge in [-0.05, 0) is 48.4 Å². The number of hydrogen-bond donors (Lipinski definition) is 0. The minimum absolute atomic E-state index is 0.0171. The first-order valence-corrected chi connectivity index (χ1v) is 11.5. The second-order valence-electron chi connectivity index (χ2n) is 7.63. The molecule has 0 radical (unpaired) electrons. The van der Waals surface area contributed by atoms with E-state index in [4.69, 9.17) is 14.2 Å². The molecule has 0 N–H and O–H groups in total. The van der Waals surface area contributed by atoms with E-state index in [1.54, 1.807) is 43.3 Å². The van der Waals surface area contributed by atoms with Crippen molar-refractivity contribution in [2.24, 2.45) is 4.99 Å². The van der Waals surface area contributed by atoms with Crippen LogP contribution in [0.3, 0.4) is 0 Å². The SMILES string of the molecule is C=CCOC(=O)C1=C(C)N=c2s/c(=C\c3ccc(F)cc3)c(=O)n2C1c1ccc(OC)c(OC)c1. The largest absolute Gasteiger partial charge is 0.493 e. The first kappa shape index (κ1) is 24.2. The Bertz CT molecular complexity index is 1500. The van der Waals surface area contributed by atoms with Crippen LogP contribution in [-0.2, 0) is 9.53 Å². The number of carbonyl (C=O) groups is 1. The molecule has 1 aliphatic heterocycles. The monoisotopic (exact) mass is 494 g/mol. The molecule has 7 nitrogen and oxygen atoms in total. The average molecular weight is 495 g/mol. The lowest BCUT2D eigenvalue weighted by atomic mass is 9.95. The molecule has 0 saturated carbocycles. The van der Waals surface area contributed by atoms with Crippen LogP contribution in [0.25, 0.3) is 6.08 Å². The fourth-order valence-electron chi connectivity index (χ4n) is 3.84. The third-order valence-electron chi connectivity index (χ3n) is 5.46. The van der Waals surface area contributed by atoms with Crippen LogP contribution in [0.1, 0.15) is 24.1 Å². The van der Waals surface area contributed by atoms with Gasteiger partial charge in [-0.1, -0.05) is 42.2 Å². The lowest BCUT2D eigenvalue weighted by Gasteiger charge is -2.25. The van der Waals surface area contributed by atoms with Gasteiger partial charge >= 0.3 is 5.97 Å². The molecule has 0 saturated heterocycles. The number of methoxy groups -OCH3 is 2. The highest BCUT2D eigenvalue weighted by atomic mass is 32.1. The number of nitrogens with zero attached hydrogens (tertiary/aromatic N) is 2. The normalized spacial score (nSPS) is 15.3. The number of fused-ring (bicyclic) bond motifs is 1. The number of esters is 1. The molecular formula is C26H23FN2O5S. The van der Waals surface area contributed by atoms with E-state index >= 15 is 0 Å². The second-order valence-corrected chi connectivity index (χ2v) is 8.64. The third kappa shape index (κ3) is 4.67. The predicted molar refractivity (Wildman–Crippen MR) is 131 cm³/mol. The van der Waals surface area contributed by atoms with Crippen LogP contribution in [0.4, 0.5) is 4.39 Å². The molecule has 2 aromatic carbocycles. The summed E-state index contributed by atoms with van der Waals surface area (Å²) in [4.78, 5) is 31.7. The van der Waals surface area contributed by atoms with Crippen molar-refractivity contribution in [1.29, 1.82) is 0 Å². The van der Waals surface area contributed by atoms with Crippen molar-refractivity contribution in [2.75, 3.05) is 20.8 Å². The Morgan fingerprint density at radius 2 is 1.89 bits per heavy atom. The molecule has 1 aromatic heterocycles. The number of aromatic nitrogens is 1. The van der Waals surface area contributed by atoms with Crippen LogP contribution in [-0.4, -0.2) is 31.4 Å². The first-order valence-electron chi connectivity index (χ1n) is 10.7. The van der Waals surface area contributed by atoms with Gasteiger partial charge in [-0.3, -0.25) is 9.36 Å². The Hall–Kier alpha value is -3.98. The van der Waals surface area contributed by atoms with Crippen molar-refractivity contribution in [1.82, 2.24) is 4.57 Å². The number of benzene rings is 2. The fraction of sp³-hybridized carbons (Fsp3) is 0.192. The Balaban J connectivity index is 1.95. The Morgan fingerprint density at radius 3 is 2.54 bits per heavy atom. The minimum Gasteiger partial charge on any atom is -0.493 e. The number of ether oxygens (including phenoxy) is 3. The van der Waals surface area contributed by atoms with Gasteiger partial charge < -0.3 is 14.2 Å². The summed E-state index contributed by atoms with van der Waals surface area (Å²) in [5.41, 5.74) is 1.63. The third-order valence-corrected chi connectivity index (χ3v) is 6.45. The van der Waals surface area contributed by atoms with Gasteiger partial charge in [0.2, 0.25) is 0 Å². The zero-order chi connectivity index (χ0) is 25.1. The summed E-state index contributed by atoms with van der Waals surface area (Å²) in [5.74, 6) is -0.00234. The van der Waals surface area contributed by atoms with Gasteiger partial charge in [-0.25, -0.2) is 14.2 Å². The van der Waals surface area contributed by atoms with E-state index in [9.17, 15) is 14.0 Å². The van der Waals surface area contributed by atoms with E-state index in [2.05, 4.69) is 11.6 Å². The second kappa shape index (κ2) is 10.1. The molecule has 1 atom stereocenters. The van der Waals surface area contributed by atoms with Crippen LogP contribution in [0.2, 0.25) is 0 Å². The van der Waals surface area contributed by atoms with Crippen LogP contribution < -0.4 is 24.4 Å². The van der Waals surface area contributed by atoms with Crippen LogP contribution >= 0.6 is 11.3 Å². The molecular weight excluding hydrogens is 471 g/mol. The summed E-state index contributed by atoms with van der Waals surface area (Å²) in [6, 6.07) is 10.2. The number of rotatable bonds is 7. The molecule has 1 aliphatic rings. The lowest BCUT2D eigenvalue weighted by molar-refractivity contribution is -0.138. The van der Waals surface area contributed by atoms with Gasteiger partial charge in [0.05, 0.1) is 36.1 Å². The zero-order valence-corrected chi connectivity index (χ0v) is 20.2. The Morgan fingerprint density at radius 1 is 1.17 bits per heavy atom. The number of halogens is 1. The van der Waals surface area contributed by atoms with Crippen molar-refractivity contribution in [3.8, 4) is 11.5 Å². The summed E-state index contributed by atoms with van der Waals surface area (Å²) in [7, 11) is 3.04. The molecule has 9 heteroatoms. The first-order chi connectivity index (χ1) is 16.9. The van der Waals surface area contributed by atoms with Gasteiger partial charge in [0.25, 0.3) is 5.56 Å². The summed E-state index contributed by atoms with van der Waals surface area (Å²) < 4.78 is 31.3. The van der Waals surface area contributed by atoms with Crippen molar-refractivity contribution in [3.05, 3.63) is 103 Å². The van der Waals surface area contributed by atoms with E-state index in [0.717, 1.165) is 0 Å². The van der Waals surface area contributed by atoms with E-state index < -0.39 is 12.0 Å². The maximum absolute atomic E-state index is 13.6. The Kier molecular flexibility index (Phi) is 6.97. The summed E-state index contributed by atoms with van der Waals surface area (Å²) in [6.45, 7) is 5.31. The number of thiazole rings is 1. The Labute approximate surface area is 204 Å². The minimum atomic E-state index is -0.807. The number of carbonyl (C=O) groups excluding carboxylic acids is 1. The molecule has 1 unspecified atom stereocenters. The molecule has 0 amide bonds. The van der Waals surface area contributed by atoms with E-state index in [-0.39, 0.29) is 23.6 Å². The van der Waals surface area contributed by atoms with Gasteiger partial charge in [0.1, 0.15) is 12.4 Å². The summed E-state index contributed by atoms with van der Waals surface area (Å²) in [5, 5.41) is 0. The van der Waals surface area contributed by atoms with Crippen LogP contribution in [0, 0.1) is 5.82 Å². The topological polar surface area (TPSA) is 79.1 Å². The van der Waals surface area contributed by atoms with Gasteiger partial charge in [-0.15, -0.1) is 0 Å². The highest BCUT2D eigenvalue weighted by Crippen LogP contribution is 2.36. The van der Waals surface area contributed by atoms with Crippen LogP contribution in [0.5, 0.6) is 11.5 Å². The van der Waals surface area contributed by atoms with Crippen molar-refractivity contribution < 1.29 is 23.4 Å². The van der Waals surface area contributed by atoms with Gasteiger partial charge in [0.15, 0.2) is 16.3 Å². The molecule has 4 rings (SSSR count). The molecule has 3 aromatic rings. The highest BCUT2D eigenvalue weighted by molar-refractivity contribution is 7.07. The lowest BCUT2D eigenvalue weighted by Crippen LogP contribution is -2.40. The summed E-state index contributed by atoms with van der Waals surface area (Å²) in [6.07, 6.45) is 3.14. The van der Waals surface area contributed by atoms with E-state index in [0.29, 0.717) is 37.7 Å². The number of hydrogen-bond acceptors (Lipinski definition) is 7. The average Bonchev–Trinajstić information content (AvgIpc) is 3.16. The quantitative estimate of drug-likeness (QED) is 0.373. The van der Waals surface area contributed by atoms with Crippen molar-refractivity contribution >= 4 is 23.4 Å². The smallest absolute Gasteiger partial charge is 0.338 e. The molecule has 0 bridgehead atoms. The zero-order valence-electron chi connectivity index (χ0n) is 19.4. The van der Waals surface area contributed by atoms with Gasteiger partial charge in [0, 0.05) is 0 Å². The van der Waals surface area contributed by atoms with E-state index in [1.807, 2.05) is 0 Å². The highest BCUT2D eigenvalue weighted by Gasteiger charge is 2.34. The van der Waals surface area contributed by atoms with E-state index in [1.165, 1.54) is 48.3 Å². The van der Waals surface area contributed by atoms with Crippen molar-refractivity contribution in [2.45, 2.75) is 13.0 Å². The van der Waals surface area contributed by atoms with Gasteiger partial charge in [-0.2, -0.15) is 0 Å².